The van der Waals surface area contributed by atoms with E-state index in [1.807, 2.05) is 0 Å². The smallest absolute Gasteiger partial charge is 0.303 e. The van der Waals surface area contributed by atoms with Crippen molar-refractivity contribution in [1.29, 1.82) is 0 Å². The fraction of sp³-hybridized carbons (Fsp3) is 0.929. The molecule has 0 aliphatic carbocycles. The van der Waals surface area contributed by atoms with Gasteiger partial charge in [0, 0.05) is 12.8 Å². The predicted molar refractivity (Wildman–Crippen MR) is 141 cm³/mol. The summed E-state index contributed by atoms with van der Waals surface area (Å²) in [6.45, 7) is 3.16. The Morgan fingerprint density at radius 3 is 0.939 bits per heavy atom. The zero-order valence-corrected chi connectivity index (χ0v) is 22.0. The maximum Gasteiger partial charge on any atom is 0.303 e. The summed E-state index contributed by atoms with van der Waals surface area (Å²) >= 11 is 0. The Bertz CT molecular complexity index is 365. The molecule has 0 bridgehead atoms. The van der Waals surface area contributed by atoms with Crippen molar-refractivity contribution in [2.45, 2.75) is 161 Å². The first-order valence-electron chi connectivity index (χ1n) is 14.2. The Kier molecular flexibility index (Phi) is 31.9. The van der Waals surface area contributed by atoms with Gasteiger partial charge in [-0.2, -0.15) is 0 Å². The van der Waals surface area contributed by atoms with Crippen LogP contribution < -0.4 is 5.73 Å². The number of hydrogen-bond acceptors (Lipinski definition) is 3. The normalized spacial score (nSPS) is 10.6. The molecule has 5 heteroatoms. The van der Waals surface area contributed by atoms with Crippen LogP contribution in [-0.2, 0) is 9.59 Å². The second-order valence-corrected chi connectivity index (χ2v) is 9.50. The summed E-state index contributed by atoms with van der Waals surface area (Å²) in [7, 11) is 0. The van der Waals surface area contributed by atoms with Crippen LogP contribution in [0.5, 0.6) is 0 Å². The molecule has 0 unspecified atom stereocenters. The van der Waals surface area contributed by atoms with Crippen molar-refractivity contribution in [1.82, 2.24) is 0 Å². The van der Waals surface area contributed by atoms with Gasteiger partial charge in [0.25, 0.3) is 0 Å². The van der Waals surface area contributed by atoms with E-state index >= 15 is 0 Å². The maximum atomic E-state index is 10.1. The van der Waals surface area contributed by atoms with E-state index in [0.717, 1.165) is 45.1 Å². The van der Waals surface area contributed by atoms with Gasteiger partial charge in [-0.15, -0.1) is 0 Å². The summed E-state index contributed by atoms with van der Waals surface area (Å²) in [5.41, 5.74) is 5.48. The lowest BCUT2D eigenvalue weighted by Crippen LogP contribution is -1.97. The molecule has 0 fully saturated rings. The molecule has 0 aromatic rings. The van der Waals surface area contributed by atoms with Gasteiger partial charge in [0.1, 0.15) is 0 Å². The topological polar surface area (TPSA) is 101 Å². The second-order valence-electron chi connectivity index (χ2n) is 9.50. The molecule has 0 heterocycles. The lowest BCUT2D eigenvalue weighted by Gasteiger charge is -2.03. The Hall–Kier alpha value is -1.10. The van der Waals surface area contributed by atoms with Crippen molar-refractivity contribution in [3.63, 3.8) is 0 Å². The highest BCUT2D eigenvalue weighted by Crippen LogP contribution is 2.13. The second kappa shape index (κ2) is 30.9. The van der Waals surface area contributed by atoms with Crippen molar-refractivity contribution in [3.05, 3.63) is 0 Å². The minimum absolute atomic E-state index is 0.245. The first kappa shape index (κ1) is 34.1. The molecule has 0 amide bonds. The number of unbranched alkanes of at least 4 members (excludes halogenated alkanes) is 20. The Morgan fingerprint density at radius 2 is 0.697 bits per heavy atom. The Labute approximate surface area is 205 Å². The number of carboxylic acids is 2. The fourth-order valence-electron chi connectivity index (χ4n) is 3.95. The molecule has 0 spiro atoms. The van der Waals surface area contributed by atoms with Gasteiger partial charge in [0.05, 0.1) is 0 Å². The first-order chi connectivity index (χ1) is 16.0. The van der Waals surface area contributed by atoms with Crippen LogP contribution in [0.15, 0.2) is 0 Å². The minimum atomic E-state index is -0.740. The standard InChI is InChI=1S/C18H39N.C10H18O4/c1-2-3-4-5-6-7-8-9-10-11-12-13-14-15-16-17-18-19;11-9(12)7-5-3-1-2-4-6-8-10(13)14/h2-19H2,1H3;1-8H2,(H,11,12)(H,13,14). The van der Waals surface area contributed by atoms with Gasteiger partial charge in [-0.05, 0) is 25.8 Å². The Balaban J connectivity index is 0. The van der Waals surface area contributed by atoms with E-state index in [1.165, 1.54) is 103 Å². The summed E-state index contributed by atoms with van der Waals surface area (Å²) < 4.78 is 0. The lowest BCUT2D eigenvalue weighted by atomic mass is 10.0. The molecule has 0 saturated carbocycles. The lowest BCUT2D eigenvalue weighted by molar-refractivity contribution is -0.138. The van der Waals surface area contributed by atoms with Crippen LogP contribution in [0.4, 0.5) is 0 Å². The van der Waals surface area contributed by atoms with E-state index in [0.29, 0.717) is 0 Å². The number of carboxylic acid groups (broad SMARTS) is 2. The van der Waals surface area contributed by atoms with Crippen molar-refractivity contribution in [2.75, 3.05) is 6.54 Å². The van der Waals surface area contributed by atoms with Crippen LogP contribution in [0.2, 0.25) is 0 Å². The van der Waals surface area contributed by atoms with Crippen LogP contribution in [0.3, 0.4) is 0 Å². The van der Waals surface area contributed by atoms with Gasteiger partial charge in [-0.25, -0.2) is 0 Å². The maximum absolute atomic E-state index is 10.1. The van der Waals surface area contributed by atoms with Crippen LogP contribution in [0.25, 0.3) is 0 Å². The van der Waals surface area contributed by atoms with Crippen LogP contribution >= 0.6 is 0 Å². The molecule has 0 aliphatic rings. The molecule has 4 N–H and O–H groups in total. The molecule has 5 nitrogen and oxygen atoms in total. The molecule has 0 atom stereocenters. The summed E-state index contributed by atoms with van der Waals surface area (Å²) in [5, 5.41) is 16.7. The summed E-state index contributed by atoms with van der Waals surface area (Å²) in [6.07, 6.45) is 28.7. The van der Waals surface area contributed by atoms with Crippen LogP contribution in [0.1, 0.15) is 161 Å². The van der Waals surface area contributed by atoms with E-state index in [4.69, 9.17) is 15.9 Å². The average molecular weight is 472 g/mol. The molecule has 198 valence electrons. The van der Waals surface area contributed by atoms with Crippen molar-refractivity contribution in [2.24, 2.45) is 5.73 Å². The zero-order chi connectivity index (χ0) is 24.8. The number of rotatable bonds is 25. The fourth-order valence-corrected chi connectivity index (χ4v) is 3.95. The number of hydrogen-bond donors (Lipinski definition) is 3. The highest BCUT2D eigenvalue weighted by atomic mass is 16.4. The number of nitrogens with two attached hydrogens (primary N) is 1. The highest BCUT2D eigenvalue weighted by molar-refractivity contribution is 5.66. The largest absolute Gasteiger partial charge is 0.481 e. The van der Waals surface area contributed by atoms with Crippen LogP contribution in [-0.4, -0.2) is 28.7 Å². The molecule has 0 saturated heterocycles. The van der Waals surface area contributed by atoms with Gasteiger partial charge in [0.15, 0.2) is 0 Å². The van der Waals surface area contributed by atoms with Gasteiger partial charge < -0.3 is 15.9 Å². The van der Waals surface area contributed by atoms with E-state index in [9.17, 15) is 9.59 Å². The molecule has 0 aromatic carbocycles. The summed E-state index contributed by atoms with van der Waals surface area (Å²) in [6, 6.07) is 0. The van der Waals surface area contributed by atoms with Gasteiger partial charge in [0.2, 0.25) is 0 Å². The highest BCUT2D eigenvalue weighted by Gasteiger charge is 1.98. The number of aliphatic carboxylic acids is 2. The number of carbonyl (C=O) groups is 2. The van der Waals surface area contributed by atoms with E-state index < -0.39 is 11.9 Å². The zero-order valence-electron chi connectivity index (χ0n) is 22.0. The van der Waals surface area contributed by atoms with E-state index in [1.54, 1.807) is 0 Å². The van der Waals surface area contributed by atoms with E-state index in [2.05, 4.69) is 6.92 Å². The molecule has 0 aromatic heterocycles. The summed E-state index contributed by atoms with van der Waals surface area (Å²) in [5.74, 6) is -1.48. The van der Waals surface area contributed by atoms with Crippen molar-refractivity contribution < 1.29 is 19.8 Å². The SMILES string of the molecule is CCCCCCCCCCCCCCCCCCN.O=C(O)CCCCCCCCC(=O)O. The average Bonchev–Trinajstić information content (AvgIpc) is 2.78. The van der Waals surface area contributed by atoms with E-state index in [-0.39, 0.29) is 12.8 Å². The van der Waals surface area contributed by atoms with Gasteiger partial charge in [-0.1, -0.05) is 129 Å². The molecule has 0 aliphatic heterocycles. The third-order valence-electron chi connectivity index (χ3n) is 6.09. The quantitative estimate of drug-likeness (QED) is 0.116. The van der Waals surface area contributed by atoms with Crippen molar-refractivity contribution in [3.8, 4) is 0 Å². The van der Waals surface area contributed by atoms with Gasteiger partial charge in [-0.3, -0.25) is 9.59 Å². The third-order valence-corrected chi connectivity index (χ3v) is 6.09. The molecular weight excluding hydrogens is 414 g/mol. The molecular formula is C28H57NO4. The van der Waals surface area contributed by atoms with Crippen LogP contribution in [0, 0.1) is 0 Å². The molecule has 0 rings (SSSR count). The molecule has 33 heavy (non-hydrogen) atoms. The minimum Gasteiger partial charge on any atom is -0.481 e. The third kappa shape index (κ3) is 38.5. The predicted octanol–water partition coefficient (Wildman–Crippen LogP) is 8.48. The van der Waals surface area contributed by atoms with Crippen molar-refractivity contribution >= 4 is 11.9 Å². The Morgan fingerprint density at radius 1 is 0.455 bits per heavy atom. The summed E-state index contributed by atoms with van der Waals surface area (Å²) in [4.78, 5) is 20.3. The first-order valence-corrected chi connectivity index (χ1v) is 14.2. The molecule has 0 radical (unpaired) electrons. The monoisotopic (exact) mass is 471 g/mol. The van der Waals surface area contributed by atoms with Gasteiger partial charge >= 0.3 is 11.9 Å².